The fraction of sp³-hybridized carbons (Fsp3) is 0.480. The van der Waals surface area contributed by atoms with Crippen molar-refractivity contribution in [2.45, 2.75) is 44.8 Å². The summed E-state index contributed by atoms with van der Waals surface area (Å²) in [5, 5.41) is 3.72. The molecular weight excluding hydrogens is 374 g/mol. The van der Waals surface area contributed by atoms with E-state index in [1.54, 1.807) is 12.0 Å². The van der Waals surface area contributed by atoms with Crippen molar-refractivity contribution < 1.29 is 9.53 Å². The van der Waals surface area contributed by atoms with Crippen molar-refractivity contribution in [3.05, 3.63) is 59.2 Å². The predicted octanol–water partition coefficient (Wildman–Crippen LogP) is 3.78. The molecule has 30 heavy (non-hydrogen) atoms. The van der Waals surface area contributed by atoms with Gasteiger partial charge in [-0.15, -0.1) is 0 Å². The number of likely N-dealkylation sites (N-methyl/N-ethyl adjacent to an activating group) is 1. The summed E-state index contributed by atoms with van der Waals surface area (Å²) in [4.78, 5) is 16.7. The van der Waals surface area contributed by atoms with Crippen LogP contribution >= 0.6 is 0 Å². The first-order valence-corrected chi connectivity index (χ1v) is 11.0. The average molecular weight is 408 g/mol. The maximum atomic E-state index is 12.5. The highest BCUT2D eigenvalue weighted by Crippen LogP contribution is 2.36. The zero-order valence-corrected chi connectivity index (χ0v) is 18.5. The number of carbonyl (C=O) groups is 1. The summed E-state index contributed by atoms with van der Waals surface area (Å²) < 4.78 is 5.76. The lowest BCUT2D eigenvalue weighted by Crippen LogP contribution is -2.46. The van der Waals surface area contributed by atoms with Crippen LogP contribution < -0.4 is 15.0 Å². The number of ether oxygens (including phenoxy) is 1. The molecule has 2 aromatic rings. The highest BCUT2D eigenvalue weighted by Gasteiger charge is 2.31. The second kappa shape index (κ2) is 8.78. The molecule has 2 heterocycles. The lowest BCUT2D eigenvalue weighted by atomic mass is 9.90. The van der Waals surface area contributed by atoms with Crippen molar-refractivity contribution in [1.29, 1.82) is 0 Å². The number of hydrogen-bond donors (Lipinski definition) is 1. The van der Waals surface area contributed by atoms with Crippen LogP contribution in [0.1, 0.15) is 42.5 Å². The molecule has 2 aliphatic heterocycles. The third kappa shape index (κ3) is 3.96. The number of piperidine rings is 1. The summed E-state index contributed by atoms with van der Waals surface area (Å²) in [6, 6.07) is 15.7. The third-order valence-electron chi connectivity index (χ3n) is 6.69. The molecule has 0 aliphatic carbocycles. The lowest BCUT2D eigenvalue weighted by Gasteiger charge is -2.39. The number of amides is 1. The summed E-state index contributed by atoms with van der Waals surface area (Å²) in [7, 11) is 5.82. The minimum absolute atomic E-state index is 0.0145. The first-order chi connectivity index (χ1) is 14.5. The van der Waals surface area contributed by atoms with Gasteiger partial charge in [0.1, 0.15) is 5.75 Å². The molecule has 2 aliphatic rings. The van der Waals surface area contributed by atoms with E-state index in [2.05, 4.69) is 59.7 Å². The van der Waals surface area contributed by atoms with Gasteiger partial charge in [-0.2, -0.15) is 0 Å². The number of methoxy groups -OCH3 is 1. The Kier molecular flexibility index (Phi) is 6.11. The Morgan fingerprint density at radius 3 is 2.73 bits per heavy atom. The van der Waals surface area contributed by atoms with Gasteiger partial charge in [0.05, 0.1) is 7.11 Å². The Morgan fingerprint density at radius 1 is 1.23 bits per heavy atom. The Balaban J connectivity index is 1.61. The van der Waals surface area contributed by atoms with Gasteiger partial charge in [-0.1, -0.05) is 37.3 Å². The van der Waals surface area contributed by atoms with Crippen molar-refractivity contribution >= 4 is 11.6 Å². The van der Waals surface area contributed by atoms with Crippen LogP contribution in [0.25, 0.3) is 0 Å². The maximum Gasteiger partial charge on any atom is 0.229 e. The molecule has 3 atom stereocenters. The Labute approximate surface area is 180 Å². The Hall–Kier alpha value is -2.37. The van der Waals surface area contributed by atoms with E-state index in [0.717, 1.165) is 42.9 Å². The molecule has 4 rings (SSSR count). The first-order valence-electron chi connectivity index (χ1n) is 11.0. The SMILES string of the molecule is COc1cc2c(cc1CN(C)C1CCCNC1c1ccccc1)N(C)C(=O)C(C)C2. The van der Waals surface area contributed by atoms with Gasteiger partial charge in [-0.05, 0) is 56.1 Å². The molecule has 160 valence electrons. The van der Waals surface area contributed by atoms with Gasteiger partial charge in [0, 0.05) is 42.8 Å². The van der Waals surface area contributed by atoms with Crippen molar-refractivity contribution in [2.75, 3.05) is 32.6 Å². The van der Waals surface area contributed by atoms with E-state index >= 15 is 0 Å². The van der Waals surface area contributed by atoms with E-state index in [0.29, 0.717) is 12.1 Å². The lowest BCUT2D eigenvalue weighted by molar-refractivity contribution is -0.121. The molecule has 1 fully saturated rings. The quantitative estimate of drug-likeness (QED) is 0.819. The van der Waals surface area contributed by atoms with E-state index < -0.39 is 0 Å². The normalized spacial score (nSPS) is 24.1. The summed E-state index contributed by atoms with van der Waals surface area (Å²) in [5.74, 6) is 1.11. The fourth-order valence-corrected chi connectivity index (χ4v) is 5.04. The largest absolute Gasteiger partial charge is 0.496 e. The third-order valence-corrected chi connectivity index (χ3v) is 6.69. The van der Waals surface area contributed by atoms with E-state index in [1.165, 1.54) is 17.5 Å². The first kappa shape index (κ1) is 20.9. The second-order valence-corrected chi connectivity index (χ2v) is 8.76. The summed E-state index contributed by atoms with van der Waals surface area (Å²) in [5.41, 5.74) is 4.68. The minimum Gasteiger partial charge on any atom is -0.496 e. The molecule has 0 bridgehead atoms. The van der Waals surface area contributed by atoms with E-state index in [4.69, 9.17) is 4.74 Å². The standard InChI is InChI=1S/C25H33N3O2/c1-17-13-19-15-23(30-4)20(14-22(19)28(3)25(17)29)16-27(2)21-11-8-12-26-24(21)18-9-6-5-7-10-18/h5-7,9-10,14-15,17,21,24,26H,8,11-13,16H2,1-4H3. The van der Waals surface area contributed by atoms with Crippen LogP contribution in [0.5, 0.6) is 5.75 Å². The van der Waals surface area contributed by atoms with Crippen LogP contribution in [-0.4, -0.2) is 44.6 Å². The Bertz CT molecular complexity index is 899. The van der Waals surface area contributed by atoms with Crippen molar-refractivity contribution in [3.8, 4) is 5.75 Å². The molecule has 1 amide bonds. The van der Waals surface area contributed by atoms with Crippen LogP contribution in [0.4, 0.5) is 5.69 Å². The summed E-state index contributed by atoms with van der Waals surface area (Å²) in [6.07, 6.45) is 3.11. The van der Waals surface area contributed by atoms with Crippen LogP contribution in [0.15, 0.2) is 42.5 Å². The van der Waals surface area contributed by atoms with E-state index in [1.807, 2.05) is 14.0 Å². The van der Waals surface area contributed by atoms with Crippen LogP contribution in [0.2, 0.25) is 0 Å². The van der Waals surface area contributed by atoms with Gasteiger partial charge in [-0.3, -0.25) is 9.69 Å². The molecule has 0 spiro atoms. The molecule has 1 saturated heterocycles. The summed E-state index contributed by atoms with van der Waals surface area (Å²) in [6.45, 7) is 3.83. The van der Waals surface area contributed by atoms with Gasteiger partial charge >= 0.3 is 0 Å². The molecule has 5 nitrogen and oxygen atoms in total. The molecule has 2 aromatic carbocycles. The Morgan fingerprint density at radius 2 is 2.00 bits per heavy atom. The number of benzene rings is 2. The number of nitrogens with zero attached hydrogens (tertiary/aromatic N) is 2. The van der Waals surface area contributed by atoms with E-state index in [-0.39, 0.29) is 11.8 Å². The molecule has 5 heteroatoms. The van der Waals surface area contributed by atoms with Crippen molar-refractivity contribution in [3.63, 3.8) is 0 Å². The molecule has 0 radical (unpaired) electrons. The van der Waals surface area contributed by atoms with Crippen molar-refractivity contribution in [1.82, 2.24) is 10.2 Å². The highest BCUT2D eigenvalue weighted by atomic mass is 16.5. The van der Waals surface area contributed by atoms with Gasteiger partial charge in [0.25, 0.3) is 0 Å². The zero-order valence-electron chi connectivity index (χ0n) is 18.5. The van der Waals surface area contributed by atoms with Crippen LogP contribution in [0.3, 0.4) is 0 Å². The zero-order chi connectivity index (χ0) is 21.3. The topological polar surface area (TPSA) is 44.8 Å². The van der Waals surface area contributed by atoms with Crippen LogP contribution in [-0.2, 0) is 17.8 Å². The smallest absolute Gasteiger partial charge is 0.229 e. The number of nitrogens with one attached hydrogen (secondary N) is 1. The van der Waals surface area contributed by atoms with Gasteiger partial charge in [-0.25, -0.2) is 0 Å². The number of rotatable bonds is 5. The number of carbonyl (C=O) groups excluding carboxylic acids is 1. The molecule has 0 aromatic heterocycles. The van der Waals surface area contributed by atoms with Gasteiger partial charge in [0.15, 0.2) is 0 Å². The molecule has 0 saturated carbocycles. The number of anilines is 1. The minimum atomic E-state index is 0.0145. The molecular formula is C25H33N3O2. The second-order valence-electron chi connectivity index (χ2n) is 8.76. The fourth-order valence-electron chi connectivity index (χ4n) is 5.04. The molecule has 3 unspecified atom stereocenters. The highest BCUT2D eigenvalue weighted by molar-refractivity contribution is 5.97. The predicted molar refractivity (Wildman–Crippen MR) is 121 cm³/mol. The van der Waals surface area contributed by atoms with Gasteiger partial charge < -0.3 is 15.0 Å². The van der Waals surface area contributed by atoms with Crippen LogP contribution in [0, 0.1) is 5.92 Å². The average Bonchev–Trinajstić information content (AvgIpc) is 2.78. The van der Waals surface area contributed by atoms with Gasteiger partial charge in [0.2, 0.25) is 5.91 Å². The monoisotopic (exact) mass is 407 g/mol. The van der Waals surface area contributed by atoms with E-state index in [9.17, 15) is 4.79 Å². The number of fused-ring (bicyclic) bond motifs is 1. The molecule has 1 N–H and O–H groups in total. The summed E-state index contributed by atoms with van der Waals surface area (Å²) >= 11 is 0. The maximum absolute atomic E-state index is 12.5. The van der Waals surface area contributed by atoms with Crippen molar-refractivity contribution in [2.24, 2.45) is 5.92 Å². The number of hydrogen-bond acceptors (Lipinski definition) is 4.